The Balaban J connectivity index is 4.40. The summed E-state index contributed by atoms with van der Waals surface area (Å²) in [7, 11) is 0. The Morgan fingerprint density at radius 2 is 0.549 bits per heavy atom. The first kappa shape index (κ1) is 67.8. The second-order valence-corrected chi connectivity index (χ2v) is 20.2. The van der Waals surface area contributed by atoms with E-state index in [0.717, 1.165) is 103 Å². The van der Waals surface area contributed by atoms with Crippen LogP contribution in [0.2, 0.25) is 0 Å². The fraction of sp³-hybridized carbons (Fsp3) is 0.769. The smallest absolute Gasteiger partial charge is 0.306 e. The maximum Gasteiger partial charge on any atom is 0.306 e. The zero-order chi connectivity index (χ0) is 51.4. The summed E-state index contributed by atoms with van der Waals surface area (Å²) >= 11 is 0. The van der Waals surface area contributed by atoms with Crippen LogP contribution in [0.1, 0.15) is 303 Å². The Labute approximate surface area is 440 Å². The van der Waals surface area contributed by atoms with Gasteiger partial charge in [-0.25, -0.2) is 0 Å². The molecular formula is C65H114O6. The van der Waals surface area contributed by atoms with E-state index in [9.17, 15) is 14.4 Å². The molecule has 6 heteroatoms. The molecule has 0 fully saturated rings. The van der Waals surface area contributed by atoms with Crippen molar-refractivity contribution >= 4 is 17.9 Å². The number of esters is 3. The average molecular weight is 992 g/mol. The predicted molar refractivity (Wildman–Crippen MR) is 307 cm³/mol. The van der Waals surface area contributed by atoms with Crippen molar-refractivity contribution in [2.45, 2.75) is 309 Å². The Morgan fingerprint density at radius 1 is 0.296 bits per heavy atom. The van der Waals surface area contributed by atoms with Crippen LogP contribution in [0, 0.1) is 0 Å². The molecule has 1 unspecified atom stereocenters. The first-order chi connectivity index (χ1) is 35.0. The molecule has 1 atom stereocenters. The van der Waals surface area contributed by atoms with Gasteiger partial charge in [0.1, 0.15) is 13.2 Å². The van der Waals surface area contributed by atoms with E-state index in [1.807, 2.05) is 0 Å². The van der Waals surface area contributed by atoms with Gasteiger partial charge in [-0.15, -0.1) is 0 Å². The first-order valence-electron chi connectivity index (χ1n) is 30.4. The quantitative estimate of drug-likeness (QED) is 0.0261. The molecule has 0 bridgehead atoms. The maximum absolute atomic E-state index is 12.9. The number of carbonyl (C=O) groups excluding carboxylic acids is 3. The van der Waals surface area contributed by atoms with Crippen LogP contribution in [0.4, 0.5) is 0 Å². The van der Waals surface area contributed by atoms with Crippen LogP contribution in [-0.2, 0) is 28.6 Å². The Bertz CT molecular complexity index is 1320. The summed E-state index contributed by atoms with van der Waals surface area (Å²) in [5.41, 5.74) is 0. The number of hydrogen-bond acceptors (Lipinski definition) is 6. The molecule has 0 saturated heterocycles. The highest BCUT2D eigenvalue weighted by Crippen LogP contribution is 2.16. The van der Waals surface area contributed by atoms with Crippen LogP contribution in [0.15, 0.2) is 72.9 Å². The van der Waals surface area contributed by atoms with Crippen LogP contribution in [0.3, 0.4) is 0 Å². The number of ether oxygens (including phenoxy) is 3. The minimum absolute atomic E-state index is 0.0889. The van der Waals surface area contributed by atoms with Crippen LogP contribution in [0.5, 0.6) is 0 Å². The highest BCUT2D eigenvalue weighted by Gasteiger charge is 2.19. The van der Waals surface area contributed by atoms with E-state index in [0.29, 0.717) is 12.8 Å². The summed E-state index contributed by atoms with van der Waals surface area (Å²) < 4.78 is 16.9. The van der Waals surface area contributed by atoms with Gasteiger partial charge in [0.25, 0.3) is 0 Å². The zero-order valence-electron chi connectivity index (χ0n) is 47.0. The molecule has 6 nitrogen and oxygen atoms in total. The average Bonchev–Trinajstić information content (AvgIpc) is 3.37. The predicted octanol–water partition coefficient (Wildman–Crippen LogP) is 20.5. The summed E-state index contributed by atoms with van der Waals surface area (Å²) in [6.45, 7) is 6.52. The normalized spacial score (nSPS) is 12.5. The number of allylic oxidation sites excluding steroid dienone is 12. The number of rotatable bonds is 55. The highest BCUT2D eigenvalue weighted by atomic mass is 16.6. The van der Waals surface area contributed by atoms with Crippen molar-refractivity contribution in [2.75, 3.05) is 13.2 Å². The summed E-state index contributed by atoms with van der Waals surface area (Å²) in [5.74, 6) is -0.917. The van der Waals surface area contributed by atoms with Crippen molar-refractivity contribution in [2.24, 2.45) is 0 Å². The molecule has 0 rings (SSSR count). The molecule has 71 heavy (non-hydrogen) atoms. The van der Waals surface area contributed by atoms with E-state index in [-0.39, 0.29) is 37.5 Å². The lowest BCUT2D eigenvalue weighted by Gasteiger charge is -2.18. The number of hydrogen-bond donors (Lipinski definition) is 0. The van der Waals surface area contributed by atoms with Crippen LogP contribution < -0.4 is 0 Å². The minimum Gasteiger partial charge on any atom is -0.462 e. The number of unbranched alkanes of at least 4 members (excludes halogenated alkanes) is 32. The van der Waals surface area contributed by atoms with E-state index < -0.39 is 6.10 Å². The van der Waals surface area contributed by atoms with E-state index in [4.69, 9.17) is 14.2 Å². The summed E-state index contributed by atoms with van der Waals surface area (Å²) in [5, 5.41) is 0. The fourth-order valence-corrected chi connectivity index (χ4v) is 8.64. The third-order valence-electron chi connectivity index (χ3n) is 13.2. The molecule has 0 radical (unpaired) electrons. The SMILES string of the molecule is CC/C=C\C/C=C\C/C=C\C/C=C\C/C=C\CCCCCC(=O)OC(COC(=O)CCCCCCC/C=C\CCCCCCC)COC(=O)CCCCCCCCCCCCCCCCCCCCCC. The van der Waals surface area contributed by atoms with Gasteiger partial charge in [-0.1, -0.05) is 267 Å². The standard InChI is InChI=1S/C65H114O6/c1-4-7-10-13-16-19-22-25-28-30-32-34-35-37-40-43-46-49-52-55-58-64(67)70-61-62(60-69-63(66)57-54-51-48-45-42-39-27-24-21-18-15-12-9-6-3)71-65(68)59-56-53-50-47-44-41-38-36-33-31-29-26-23-20-17-14-11-8-5-2/h8,11,17,20,24,26-27,29,33,36,41,44,62H,4-7,9-10,12-16,18-19,21-23,25,28,30-32,34-35,37-40,42-43,45-61H2,1-3H3/b11-8-,20-17-,27-24-,29-26-,36-33-,44-41-. The second kappa shape index (κ2) is 59.4. The molecule has 0 aliphatic rings. The third-order valence-corrected chi connectivity index (χ3v) is 13.2. The van der Waals surface area contributed by atoms with E-state index in [2.05, 4.69) is 93.7 Å². The van der Waals surface area contributed by atoms with Gasteiger partial charge in [0.2, 0.25) is 0 Å². The Hall–Kier alpha value is -3.15. The van der Waals surface area contributed by atoms with Crippen molar-refractivity contribution in [3.63, 3.8) is 0 Å². The van der Waals surface area contributed by atoms with Crippen molar-refractivity contribution < 1.29 is 28.6 Å². The molecule has 0 amide bonds. The monoisotopic (exact) mass is 991 g/mol. The summed E-state index contributed by atoms with van der Waals surface area (Å²) in [4.78, 5) is 38.2. The van der Waals surface area contributed by atoms with Gasteiger partial charge in [-0.3, -0.25) is 14.4 Å². The Morgan fingerprint density at radius 3 is 0.887 bits per heavy atom. The van der Waals surface area contributed by atoms with Crippen LogP contribution in [0.25, 0.3) is 0 Å². The number of carbonyl (C=O) groups is 3. The molecule has 0 N–H and O–H groups in total. The lowest BCUT2D eigenvalue weighted by Crippen LogP contribution is -2.30. The van der Waals surface area contributed by atoms with Gasteiger partial charge in [-0.05, 0) is 89.9 Å². The Kier molecular flexibility index (Phi) is 56.8. The summed E-state index contributed by atoms with van der Waals surface area (Å²) in [6.07, 6.45) is 76.1. The van der Waals surface area contributed by atoms with E-state index >= 15 is 0 Å². The van der Waals surface area contributed by atoms with Crippen molar-refractivity contribution in [3.05, 3.63) is 72.9 Å². The molecule has 0 spiro atoms. The van der Waals surface area contributed by atoms with E-state index in [1.165, 1.54) is 161 Å². The van der Waals surface area contributed by atoms with Crippen molar-refractivity contribution in [3.8, 4) is 0 Å². The van der Waals surface area contributed by atoms with Gasteiger partial charge >= 0.3 is 17.9 Å². The maximum atomic E-state index is 12.9. The van der Waals surface area contributed by atoms with Gasteiger partial charge in [-0.2, -0.15) is 0 Å². The third kappa shape index (κ3) is 57.6. The van der Waals surface area contributed by atoms with Gasteiger partial charge in [0, 0.05) is 19.3 Å². The molecule has 0 aliphatic heterocycles. The minimum atomic E-state index is -0.795. The van der Waals surface area contributed by atoms with Gasteiger partial charge in [0.15, 0.2) is 6.10 Å². The summed E-state index contributed by atoms with van der Waals surface area (Å²) in [6, 6.07) is 0. The molecule has 0 aromatic carbocycles. The highest BCUT2D eigenvalue weighted by molar-refractivity contribution is 5.71. The van der Waals surface area contributed by atoms with Crippen LogP contribution >= 0.6 is 0 Å². The van der Waals surface area contributed by atoms with Crippen molar-refractivity contribution in [1.82, 2.24) is 0 Å². The van der Waals surface area contributed by atoms with Gasteiger partial charge in [0.05, 0.1) is 0 Å². The van der Waals surface area contributed by atoms with E-state index in [1.54, 1.807) is 0 Å². The molecule has 410 valence electrons. The first-order valence-corrected chi connectivity index (χ1v) is 30.4. The van der Waals surface area contributed by atoms with Gasteiger partial charge < -0.3 is 14.2 Å². The molecule has 0 aromatic heterocycles. The molecule has 0 aromatic rings. The molecular weight excluding hydrogens is 877 g/mol. The second-order valence-electron chi connectivity index (χ2n) is 20.2. The lowest BCUT2D eigenvalue weighted by molar-refractivity contribution is -0.167. The molecule has 0 aliphatic carbocycles. The largest absolute Gasteiger partial charge is 0.462 e. The lowest BCUT2D eigenvalue weighted by atomic mass is 10.0. The topological polar surface area (TPSA) is 78.9 Å². The zero-order valence-corrected chi connectivity index (χ0v) is 47.0. The molecule has 0 heterocycles. The molecule has 0 saturated carbocycles. The van der Waals surface area contributed by atoms with Crippen molar-refractivity contribution in [1.29, 1.82) is 0 Å². The van der Waals surface area contributed by atoms with Crippen LogP contribution in [-0.4, -0.2) is 37.2 Å². The fourth-order valence-electron chi connectivity index (χ4n) is 8.64.